The van der Waals surface area contributed by atoms with E-state index >= 15 is 0 Å². The highest BCUT2D eigenvalue weighted by atomic mass is 19.4. The predicted octanol–water partition coefficient (Wildman–Crippen LogP) is 3.37. The normalized spacial score (nSPS) is 11.6. The standard InChI is InChI=1S/C14H14F3NO3/c1-9-8-10(3-5-13(20)21)2-4-11(9)18-12(19)6-7-14(15,16)17/h2-5,8H,6-7H2,1H3,(H,18,19)(H,20,21). The number of nitrogens with one attached hydrogen (secondary N) is 1. The van der Waals surface area contributed by atoms with Crippen molar-refractivity contribution in [3.63, 3.8) is 0 Å². The number of carbonyl (C=O) groups is 2. The molecule has 2 N–H and O–H groups in total. The van der Waals surface area contributed by atoms with Crippen molar-refractivity contribution >= 4 is 23.6 Å². The van der Waals surface area contributed by atoms with Crippen molar-refractivity contribution in [1.82, 2.24) is 0 Å². The van der Waals surface area contributed by atoms with Gasteiger partial charge in [0.15, 0.2) is 0 Å². The van der Waals surface area contributed by atoms with Crippen LogP contribution in [0, 0.1) is 6.92 Å². The van der Waals surface area contributed by atoms with E-state index in [0.29, 0.717) is 16.8 Å². The molecule has 7 heteroatoms. The van der Waals surface area contributed by atoms with Gasteiger partial charge in [-0.3, -0.25) is 4.79 Å². The fraction of sp³-hybridized carbons (Fsp3) is 0.286. The minimum atomic E-state index is -4.36. The number of hydrogen-bond donors (Lipinski definition) is 2. The number of aryl methyl sites for hydroxylation is 1. The molecule has 0 aliphatic carbocycles. The zero-order valence-corrected chi connectivity index (χ0v) is 11.2. The maximum atomic E-state index is 12.0. The van der Waals surface area contributed by atoms with Gasteiger partial charge in [0.05, 0.1) is 6.42 Å². The van der Waals surface area contributed by atoms with Crippen molar-refractivity contribution in [2.75, 3.05) is 5.32 Å². The number of halogens is 3. The van der Waals surface area contributed by atoms with Crippen molar-refractivity contribution in [2.45, 2.75) is 25.9 Å². The molecular formula is C14H14F3NO3. The number of alkyl halides is 3. The maximum Gasteiger partial charge on any atom is 0.389 e. The van der Waals surface area contributed by atoms with Crippen molar-refractivity contribution in [3.8, 4) is 0 Å². The average Bonchev–Trinajstić information content (AvgIpc) is 2.36. The number of carboxylic acids is 1. The largest absolute Gasteiger partial charge is 0.478 e. The van der Waals surface area contributed by atoms with Crippen LogP contribution in [0.25, 0.3) is 6.08 Å². The van der Waals surface area contributed by atoms with E-state index in [4.69, 9.17) is 5.11 Å². The molecule has 0 spiro atoms. The van der Waals surface area contributed by atoms with Gasteiger partial charge in [0.25, 0.3) is 0 Å². The molecule has 1 amide bonds. The average molecular weight is 301 g/mol. The van der Waals surface area contributed by atoms with Crippen LogP contribution in [0.1, 0.15) is 24.0 Å². The van der Waals surface area contributed by atoms with Crippen molar-refractivity contribution in [1.29, 1.82) is 0 Å². The van der Waals surface area contributed by atoms with E-state index < -0.39 is 30.9 Å². The molecule has 1 aromatic carbocycles. The van der Waals surface area contributed by atoms with Gasteiger partial charge in [-0.15, -0.1) is 0 Å². The summed E-state index contributed by atoms with van der Waals surface area (Å²) < 4.78 is 36.0. The van der Waals surface area contributed by atoms with Crippen LogP contribution < -0.4 is 5.32 Å². The monoisotopic (exact) mass is 301 g/mol. The van der Waals surface area contributed by atoms with E-state index in [0.717, 1.165) is 6.08 Å². The van der Waals surface area contributed by atoms with Crippen molar-refractivity contribution < 1.29 is 27.9 Å². The zero-order valence-electron chi connectivity index (χ0n) is 11.2. The summed E-state index contributed by atoms with van der Waals surface area (Å²) in [5.74, 6) is -1.80. The molecule has 114 valence electrons. The Bertz CT molecular complexity index is 565. The van der Waals surface area contributed by atoms with E-state index in [1.807, 2.05) is 0 Å². The smallest absolute Gasteiger partial charge is 0.389 e. The fourth-order valence-corrected chi connectivity index (χ4v) is 1.57. The molecular weight excluding hydrogens is 287 g/mol. The number of benzene rings is 1. The Balaban J connectivity index is 2.68. The Hall–Kier alpha value is -2.31. The lowest BCUT2D eigenvalue weighted by molar-refractivity contribution is -0.142. The van der Waals surface area contributed by atoms with Gasteiger partial charge in [0.1, 0.15) is 0 Å². The Morgan fingerprint density at radius 3 is 2.52 bits per heavy atom. The zero-order chi connectivity index (χ0) is 16.0. The maximum absolute atomic E-state index is 12.0. The van der Waals surface area contributed by atoms with Crippen LogP contribution in [0.2, 0.25) is 0 Å². The van der Waals surface area contributed by atoms with Crippen LogP contribution in [-0.2, 0) is 9.59 Å². The number of carbonyl (C=O) groups excluding carboxylic acids is 1. The van der Waals surface area contributed by atoms with Gasteiger partial charge in [-0.25, -0.2) is 4.79 Å². The molecule has 0 bridgehead atoms. The van der Waals surface area contributed by atoms with E-state index in [-0.39, 0.29) is 0 Å². The molecule has 0 aromatic heterocycles. The second kappa shape index (κ2) is 6.92. The number of aliphatic carboxylic acids is 1. The summed E-state index contributed by atoms with van der Waals surface area (Å²) in [5, 5.41) is 10.9. The number of anilines is 1. The Kier molecular flexibility index (Phi) is 5.52. The van der Waals surface area contributed by atoms with Crippen molar-refractivity contribution in [3.05, 3.63) is 35.4 Å². The third-order valence-electron chi connectivity index (χ3n) is 2.58. The second-order valence-electron chi connectivity index (χ2n) is 4.41. The first-order valence-electron chi connectivity index (χ1n) is 6.05. The molecule has 1 rings (SSSR count). The van der Waals surface area contributed by atoms with E-state index in [9.17, 15) is 22.8 Å². The molecule has 0 atom stereocenters. The number of amides is 1. The molecule has 0 saturated carbocycles. The van der Waals surface area contributed by atoms with Crippen LogP contribution in [0.5, 0.6) is 0 Å². The highest BCUT2D eigenvalue weighted by Crippen LogP contribution is 2.22. The summed E-state index contributed by atoms with van der Waals surface area (Å²) in [6.07, 6.45) is -3.82. The minimum absolute atomic E-state index is 0.398. The van der Waals surface area contributed by atoms with E-state index in [1.165, 1.54) is 12.1 Å². The summed E-state index contributed by atoms with van der Waals surface area (Å²) in [7, 11) is 0. The second-order valence-corrected chi connectivity index (χ2v) is 4.41. The third kappa shape index (κ3) is 6.60. The number of hydrogen-bond acceptors (Lipinski definition) is 2. The lowest BCUT2D eigenvalue weighted by atomic mass is 10.1. The molecule has 0 aliphatic heterocycles. The predicted molar refractivity (Wildman–Crippen MR) is 71.8 cm³/mol. The summed E-state index contributed by atoms with van der Waals surface area (Å²) in [4.78, 5) is 21.8. The minimum Gasteiger partial charge on any atom is -0.478 e. The molecule has 0 heterocycles. The summed E-state index contributed by atoms with van der Waals surface area (Å²) in [5.41, 5.74) is 1.64. The lowest BCUT2D eigenvalue weighted by Crippen LogP contribution is -2.17. The van der Waals surface area contributed by atoms with Gasteiger partial charge in [-0.1, -0.05) is 6.07 Å². The first kappa shape index (κ1) is 16.7. The fourth-order valence-electron chi connectivity index (χ4n) is 1.57. The Labute approximate surface area is 119 Å². The molecule has 0 saturated heterocycles. The van der Waals surface area contributed by atoms with E-state index in [1.54, 1.807) is 19.1 Å². The molecule has 21 heavy (non-hydrogen) atoms. The Morgan fingerprint density at radius 1 is 1.33 bits per heavy atom. The molecule has 0 radical (unpaired) electrons. The van der Waals surface area contributed by atoms with Gasteiger partial charge in [0.2, 0.25) is 5.91 Å². The van der Waals surface area contributed by atoms with Gasteiger partial charge in [-0.05, 0) is 36.3 Å². The van der Waals surface area contributed by atoms with Crippen LogP contribution in [0.15, 0.2) is 24.3 Å². The summed E-state index contributed by atoms with van der Waals surface area (Å²) in [6.45, 7) is 1.66. The molecule has 1 aromatic rings. The van der Waals surface area contributed by atoms with Gasteiger partial charge in [0, 0.05) is 18.2 Å². The highest BCUT2D eigenvalue weighted by molar-refractivity contribution is 5.92. The summed E-state index contributed by atoms with van der Waals surface area (Å²) in [6, 6.07) is 4.70. The first-order chi connectivity index (χ1) is 9.67. The highest BCUT2D eigenvalue weighted by Gasteiger charge is 2.27. The Morgan fingerprint density at radius 2 is 2.00 bits per heavy atom. The van der Waals surface area contributed by atoms with E-state index in [2.05, 4.69) is 5.32 Å². The third-order valence-corrected chi connectivity index (χ3v) is 2.58. The topological polar surface area (TPSA) is 66.4 Å². The molecule has 0 fully saturated rings. The molecule has 0 unspecified atom stereocenters. The molecule has 4 nitrogen and oxygen atoms in total. The van der Waals surface area contributed by atoms with Gasteiger partial charge < -0.3 is 10.4 Å². The van der Waals surface area contributed by atoms with Crippen LogP contribution in [0.4, 0.5) is 18.9 Å². The van der Waals surface area contributed by atoms with Crippen molar-refractivity contribution in [2.24, 2.45) is 0 Å². The number of rotatable bonds is 5. The summed E-state index contributed by atoms with van der Waals surface area (Å²) >= 11 is 0. The van der Waals surface area contributed by atoms with Gasteiger partial charge in [-0.2, -0.15) is 13.2 Å². The number of carboxylic acid groups (broad SMARTS) is 1. The van der Waals surface area contributed by atoms with Gasteiger partial charge >= 0.3 is 12.1 Å². The SMILES string of the molecule is Cc1cc(C=CC(=O)O)ccc1NC(=O)CCC(F)(F)F. The molecule has 0 aliphatic rings. The quantitative estimate of drug-likeness (QED) is 0.819. The van der Waals surface area contributed by atoms with Crippen LogP contribution in [-0.4, -0.2) is 23.2 Å². The van der Waals surface area contributed by atoms with Crippen LogP contribution in [0.3, 0.4) is 0 Å². The lowest BCUT2D eigenvalue weighted by Gasteiger charge is -2.10. The first-order valence-corrected chi connectivity index (χ1v) is 6.05. The van der Waals surface area contributed by atoms with Crippen LogP contribution >= 0.6 is 0 Å².